The second kappa shape index (κ2) is 8.83. The van der Waals surface area contributed by atoms with Crippen LogP contribution in [0.1, 0.15) is 55.7 Å². The second-order valence-electron chi connectivity index (χ2n) is 7.50. The van der Waals surface area contributed by atoms with Crippen molar-refractivity contribution in [2.45, 2.75) is 46.2 Å². The molecule has 0 aliphatic heterocycles. The first-order valence-electron chi connectivity index (χ1n) is 9.87. The van der Waals surface area contributed by atoms with Gasteiger partial charge in [-0.25, -0.2) is 4.68 Å². The molecule has 1 atom stereocenters. The van der Waals surface area contributed by atoms with Crippen LogP contribution < -0.4 is 10.9 Å². The third kappa shape index (κ3) is 4.30. The summed E-state index contributed by atoms with van der Waals surface area (Å²) in [4.78, 5) is 25.9. The van der Waals surface area contributed by atoms with Crippen LogP contribution in [0.3, 0.4) is 0 Å². The van der Waals surface area contributed by atoms with E-state index >= 15 is 0 Å². The van der Waals surface area contributed by atoms with Crippen LogP contribution in [0, 0.1) is 5.92 Å². The molecule has 3 rings (SSSR count). The largest absolute Gasteiger partial charge is 0.344 e. The lowest BCUT2D eigenvalue weighted by atomic mass is 10.0. The predicted molar refractivity (Wildman–Crippen MR) is 112 cm³/mol. The van der Waals surface area contributed by atoms with Gasteiger partial charge in [0.1, 0.15) is 0 Å². The first kappa shape index (κ1) is 19.8. The Morgan fingerprint density at radius 2 is 1.68 bits per heavy atom. The lowest BCUT2D eigenvalue weighted by Crippen LogP contribution is -2.33. The fourth-order valence-corrected chi connectivity index (χ4v) is 3.40. The molecule has 1 N–H and O–H groups in total. The Bertz CT molecular complexity index is 1010. The zero-order valence-corrected chi connectivity index (χ0v) is 16.7. The van der Waals surface area contributed by atoms with Crippen molar-refractivity contribution in [1.82, 2.24) is 15.1 Å². The van der Waals surface area contributed by atoms with Gasteiger partial charge in [-0.3, -0.25) is 9.59 Å². The molecule has 28 heavy (non-hydrogen) atoms. The molecule has 1 amide bonds. The van der Waals surface area contributed by atoms with Crippen LogP contribution in [0.5, 0.6) is 0 Å². The lowest BCUT2D eigenvalue weighted by molar-refractivity contribution is 0.0928. The van der Waals surface area contributed by atoms with Crippen molar-refractivity contribution in [2.75, 3.05) is 0 Å². The number of fused-ring (bicyclic) bond motifs is 1. The molecule has 1 aromatic heterocycles. The molecule has 0 saturated carbocycles. The van der Waals surface area contributed by atoms with E-state index in [1.165, 1.54) is 4.68 Å². The van der Waals surface area contributed by atoms with Gasteiger partial charge in [0.15, 0.2) is 5.69 Å². The van der Waals surface area contributed by atoms with Gasteiger partial charge in [-0.05, 0) is 24.0 Å². The average Bonchev–Trinajstić information content (AvgIpc) is 2.70. The number of aromatic nitrogens is 2. The van der Waals surface area contributed by atoms with Crippen LogP contribution in [-0.2, 0) is 6.54 Å². The molecule has 2 aromatic carbocycles. The highest BCUT2D eigenvalue weighted by molar-refractivity contribution is 6.04. The number of hydrogen-bond acceptors (Lipinski definition) is 3. The number of nitrogens with zero attached hydrogens (tertiary/aromatic N) is 2. The van der Waals surface area contributed by atoms with Crippen molar-refractivity contribution in [3.05, 3.63) is 76.2 Å². The van der Waals surface area contributed by atoms with Gasteiger partial charge in [0.2, 0.25) is 0 Å². The minimum atomic E-state index is -0.254. The molecule has 5 nitrogen and oxygen atoms in total. The minimum absolute atomic E-state index is 0.0928. The van der Waals surface area contributed by atoms with Crippen molar-refractivity contribution in [2.24, 2.45) is 5.92 Å². The van der Waals surface area contributed by atoms with E-state index in [1.807, 2.05) is 56.3 Å². The van der Waals surface area contributed by atoms with E-state index in [0.717, 1.165) is 18.4 Å². The molecule has 5 heteroatoms. The Morgan fingerprint density at radius 1 is 1.04 bits per heavy atom. The van der Waals surface area contributed by atoms with Crippen molar-refractivity contribution in [3.8, 4) is 0 Å². The topological polar surface area (TPSA) is 64.0 Å². The molecule has 0 aliphatic rings. The molecule has 0 radical (unpaired) electrons. The predicted octanol–water partition coefficient (Wildman–Crippen LogP) is 4.32. The van der Waals surface area contributed by atoms with Crippen LogP contribution in [0.25, 0.3) is 10.8 Å². The number of benzene rings is 2. The molecule has 1 heterocycles. The Hall–Kier alpha value is -2.95. The van der Waals surface area contributed by atoms with Crippen molar-refractivity contribution in [3.63, 3.8) is 0 Å². The molecule has 146 valence electrons. The Balaban J connectivity index is 2.02. The highest BCUT2D eigenvalue weighted by Crippen LogP contribution is 2.20. The van der Waals surface area contributed by atoms with Gasteiger partial charge < -0.3 is 5.32 Å². The standard InChI is InChI=1S/C23H27N3O2/c1-4-10-20(17-11-6-5-7-12-17)24-22(27)21-18-13-8-9-14-19(18)23(28)26(25-21)15-16(2)3/h5-9,11-14,16,20H,4,10,15H2,1-3H3,(H,24,27). The summed E-state index contributed by atoms with van der Waals surface area (Å²) in [6.45, 7) is 6.62. The van der Waals surface area contributed by atoms with Gasteiger partial charge in [-0.2, -0.15) is 5.10 Å². The monoisotopic (exact) mass is 377 g/mol. The van der Waals surface area contributed by atoms with Gasteiger partial charge in [0, 0.05) is 11.9 Å². The Morgan fingerprint density at radius 3 is 2.32 bits per heavy atom. The maximum atomic E-state index is 13.2. The quantitative estimate of drug-likeness (QED) is 0.667. The summed E-state index contributed by atoms with van der Waals surface area (Å²) in [6.07, 6.45) is 1.78. The maximum Gasteiger partial charge on any atom is 0.274 e. The SMILES string of the molecule is CCCC(NC(=O)c1nn(CC(C)C)c(=O)c2ccccc12)c1ccccc1. The van der Waals surface area contributed by atoms with Gasteiger partial charge in [0.05, 0.1) is 11.4 Å². The maximum absolute atomic E-state index is 13.2. The minimum Gasteiger partial charge on any atom is -0.344 e. The molecule has 0 bridgehead atoms. The van der Waals surface area contributed by atoms with Crippen LogP contribution in [0.2, 0.25) is 0 Å². The second-order valence-corrected chi connectivity index (χ2v) is 7.50. The van der Waals surface area contributed by atoms with Crippen molar-refractivity contribution in [1.29, 1.82) is 0 Å². The number of hydrogen-bond donors (Lipinski definition) is 1. The zero-order valence-electron chi connectivity index (χ0n) is 16.7. The van der Waals surface area contributed by atoms with Gasteiger partial charge in [0.25, 0.3) is 11.5 Å². The summed E-state index contributed by atoms with van der Waals surface area (Å²) < 4.78 is 1.42. The molecular weight excluding hydrogens is 350 g/mol. The van der Waals surface area contributed by atoms with Crippen molar-refractivity contribution >= 4 is 16.7 Å². The fourth-order valence-electron chi connectivity index (χ4n) is 3.40. The van der Waals surface area contributed by atoms with Crippen molar-refractivity contribution < 1.29 is 4.79 Å². The van der Waals surface area contributed by atoms with E-state index in [2.05, 4.69) is 17.3 Å². The first-order chi connectivity index (χ1) is 13.5. The Kier molecular flexibility index (Phi) is 6.24. The number of rotatable bonds is 7. The van der Waals surface area contributed by atoms with E-state index in [9.17, 15) is 9.59 Å². The molecule has 3 aromatic rings. The summed E-state index contributed by atoms with van der Waals surface area (Å²) in [6, 6.07) is 17.0. The van der Waals surface area contributed by atoms with E-state index in [-0.39, 0.29) is 23.4 Å². The van der Waals surface area contributed by atoms with E-state index in [4.69, 9.17) is 0 Å². The van der Waals surface area contributed by atoms with Gasteiger partial charge in [-0.1, -0.05) is 75.7 Å². The molecular formula is C23H27N3O2. The smallest absolute Gasteiger partial charge is 0.274 e. The van der Waals surface area contributed by atoms with Crippen LogP contribution in [0.4, 0.5) is 0 Å². The van der Waals surface area contributed by atoms with Crippen LogP contribution in [-0.4, -0.2) is 15.7 Å². The first-order valence-corrected chi connectivity index (χ1v) is 9.87. The molecule has 0 aliphatic carbocycles. The molecule has 0 saturated heterocycles. The third-order valence-corrected chi connectivity index (χ3v) is 4.71. The molecule has 0 spiro atoms. The molecule has 1 unspecified atom stereocenters. The van der Waals surface area contributed by atoms with Crippen LogP contribution in [0.15, 0.2) is 59.4 Å². The summed E-state index contributed by atoms with van der Waals surface area (Å²) in [5.74, 6) is -0.00422. The fraction of sp³-hybridized carbons (Fsp3) is 0.348. The highest BCUT2D eigenvalue weighted by atomic mass is 16.2. The van der Waals surface area contributed by atoms with Gasteiger partial charge >= 0.3 is 0 Å². The number of nitrogens with one attached hydrogen (secondary N) is 1. The number of amides is 1. The number of carbonyl (C=O) groups excluding carboxylic acids is 1. The summed E-state index contributed by atoms with van der Waals surface area (Å²) in [5, 5.41) is 8.68. The number of carbonyl (C=O) groups is 1. The van der Waals surface area contributed by atoms with E-state index < -0.39 is 0 Å². The average molecular weight is 377 g/mol. The molecule has 0 fully saturated rings. The lowest BCUT2D eigenvalue weighted by Gasteiger charge is -2.19. The summed E-state index contributed by atoms with van der Waals surface area (Å²) >= 11 is 0. The van der Waals surface area contributed by atoms with E-state index in [1.54, 1.807) is 12.1 Å². The van der Waals surface area contributed by atoms with E-state index in [0.29, 0.717) is 23.0 Å². The normalized spacial score (nSPS) is 12.3. The van der Waals surface area contributed by atoms with Gasteiger partial charge in [-0.15, -0.1) is 0 Å². The summed E-state index contributed by atoms with van der Waals surface area (Å²) in [5.41, 5.74) is 1.21. The van der Waals surface area contributed by atoms with Crippen LogP contribution >= 0.6 is 0 Å². The zero-order chi connectivity index (χ0) is 20.1. The highest BCUT2D eigenvalue weighted by Gasteiger charge is 2.20. The Labute approximate surface area is 165 Å². The third-order valence-electron chi connectivity index (χ3n) is 4.71. The summed E-state index contributed by atoms with van der Waals surface area (Å²) in [7, 11) is 0.